The number of Topliss-reactive ketones (excluding diaryl/α,β-unsaturated/α-hetero) is 2. The summed E-state index contributed by atoms with van der Waals surface area (Å²) in [6, 6.07) is 0. The van der Waals surface area contributed by atoms with Gasteiger partial charge in [0, 0.05) is 134 Å². The Kier molecular flexibility index (Phi) is 30.3. The molecule has 2 aromatic heterocycles. The van der Waals surface area contributed by atoms with Gasteiger partial charge in [-0.05, 0) is 136 Å². The quantitative estimate of drug-likeness (QED) is 0.0492. The summed E-state index contributed by atoms with van der Waals surface area (Å²) in [4.78, 5) is 44.6. The molecule has 5 N–H and O–H groups in total. The van der Waals surface area contributed by atoms with Gasteiger partial charge in [0.05, 0.1) is 128 Å². The van der Waals surface area contributed by atoms with Crippen LogP contribution >= 0.6 is 24.0 Å². The van der Waals surface area contributed by atoms with Crippen LogP contribution in [0.3, 0.4) is 0 Å². The first-order valence-electron chi connectivity index (χ1n) is 43.8. The van der Waals surface area contributed by atoms with E-state index in [0.29, 0.717) is 61.9 Å². The Morgan fingerprint density at radius 2 is 0.942 bits per heavy atom. The molecule has 0 radical (unpaired) electrons. The van der Waals surface area contributed by atoms with Gasteiger partial charge in [0.15, 0.2) is 21.5 Å². The number of hydrogen-bond donors (Lipinski definition) is 5. The number of carbonyl (C=O) groups is 2. The van der Waals surface area contributed by atoms with Crippen molar-refractivity contribution < 1.29 is 156 Å². The number of nitrogens with zero attached hydrogens (tertiary/aromatic N) is 3. The molecule has 2 aromatic rings. The van der Waals surface area contributed by atoms with E-state index in [2.05, 4.69) is 77.2 Å². The molecule has 0 aliphatic carbocycles. The van der Waals surface area contributed by atoms with E-state index in [0.717, 1.165) is 111 Å². The normalized spacial score (nSPS) is 46.4. The summed E-state index contributed by atoms with van der Waals surface area (Å²) in [5.74, 6) is -0.890. The molecule has 656 valence electrons. The van der Waals surface area contributed by atoms with E-state index in [1.165, 1.54) is 11.8 Å². The molecule has 20 aliphatic rings. The van der Waals surface area contributed by atoms with Gasteiger partial charge in [-0.3, -0.25) is 9.59 Å². The summed E-state index contributed by atoms with van der Waals surface area (Å²) in [5, 5.41) is 28.8. The summed E-state index contributed by atoms with van der Waals surface area (Å²) in [6.45, 7) is 34.3. The Balaban J connectivity index is 0.000000169. The fourth-order valence-electron chi connectivity index (χ4n) is 23.4. The topological polar surface area (TPSA) is 329 Å². The van der Waals surface area contributed by atoms with Crippen molar-refractivity contribution >= 4 is 35.5 Å². The fourth-order valence-corrected chi connectivity index (χ4v) is 24.3. The standard InChI is InChI=1S/C43H60N2O11S.C41H57NO11.C3H4N2S.CN.CH4.K/c1-21-13-26-5-7-30-22(2)14-28(49-30)9-10-43-19-35-38(55-43)39-40(54-35)41(56-43)37-31(53-39)8-6-27(51-37)15-24(46)16-29-33(18-32(50-26)23(21)3)52-34(36(29)48-4)17-25(47)20-57-42-44-11-12-45-42;1-20-12-25-6-8-29-21(2)13-27(46-29)10-11-41-18-34-37(52-41)38-39(51-34)40(53-41)36-30(50-38)9-7-26(48-36)14-23(43)15-28-32(17-31(47-25)22(20)3)49-33(35(28)45-5)16-24(44)19-42-4;6-3-4-1-2-5-3;1-2;;/h11-12,21,25-41,47H,2-3,5-10,13-20H2,1,4H3,(H,44,45);20,24-40,44H,2-3,6-19H2,1,5H3;1-2H,(H2,4,5,6);;1H4;/q;;;-1;;+1. The number of fused-ring (bicyclic) bond motifs is 12. The van der Waals surface area contributed by atoms with Crippen molar-refractivity contribution in [3.05, 3.63) is 96.2 Å². The molecule has 38 atom stereocenters. The average Bonchev–Trinajstić information content (AvgIpc) is 1.55. The van der Waals surface area contributed by atoms with Crippen LogP contribution in [0.1, 0.15) is 188 Å². The third kappa shape index (κ3) is 19.5. The maximum Gasteiger partial charge on any atom is 1.00 e. The van der Waals surface area contributed by atoms with Crippen LogP contribution in [-0.4, -0.2) is 275 Å². The Morgan fingerprint density at radius 1 is 0.517 bits per heavy atom. The molecule has 31 heteroatoms. The average molecular weight is 1730 g/mol. The minimum absolute atomic E-state index is 0. The van der Waals surface area contributed by atoms with E-state index in [1.807, 2.05) is 0 Å². The number of ether oxygens (including phenoxy) is 18. The number of hydrogen-bond acceptors (Lipinski definition) is 26. The van der Waals surface area contributed by atoms with Crippen LogP contribution < -0.4 is 51.4 Å². The Hall–Kier alpha value is -2.89. The van der Waals surface area contributed by atoms with Crippen LogP contribution in [0.25, 0.3) is 4.85 Å². The number of carbonyl (C=O) groups excluding carboxylic acids is 2. The summed E-state index contributed by atoms with van der Waals surface area (Å²) in [7, 11) is 3.32. The van der Waals surface area contributed by atoms with Gasteiger partial charge < -0.3 is 127 Å². The van der Waals surface area contributed by atoms with Gasteiger partial charge in [-0.25, -0.2) is 11.6 Å². The number of rotatable bonds is 10. The fraction of sp³-hybridized carbons (Fsp3) is 0.798. The molecule has 20 fully saturated rings. The predicted molar refractivity (Wildman–Crippen MR) is 433 cm³/mol. The number of methoxy groups -OCH3 is 2. The van der Waals surface area contributed by atoms with Gasteiger partial charge in [-0.2, -0.15) is 0 Å². The Morgan fingerprint density at radius 3 is 1.38 bits per heavy atom. The predicted octanol–water partition coefficient (Wildman–Crippen LogP) is 8.20. The van der Waals surface area contributed by atoms with Crippen LogP contribution in [0.4, 0.5) is 0 Å². The number of imidazole rings is 2. The number of thioether (sulfide) groups is 1. The van der Waals surface area contributed by atoms with Gasteiger partial charge >= 0.3 is 51.4 Å². The molecule has 20 saturated heterocycles. The van der Waals surface area contributed by atoms with Crippen molar-refractivity contribution in [2.45, 2.75) is 400 Å². The third-order valence-electron chi connectivity index (χ3n) is 29.1. The van der Waals surface area contributed by atoms with Gasteiger partial charge in [-0.15, -0.1) is 0 Å². The number of ketones is 2. The van der Waals surface area contributed by atoms with E-state index >= 15 is 0 Å². The van der Waals surface area contributed by atoms with Gasteiger partial charge in [0.25, 0.3) is 0 Å². The summed E-state index contributed by atoms with van der Waals surface area (Å²) < 4.78 is 121. The van der Waals surface area contributed by atoms with Crippen molar-refractivity contribution in [2.75, 3.05) is 26.5 Å². The number of H-pyrrole nitrogens is 3. The molecule has 2 spiro atoms. The molecular weight excluding hydrogens is 1610 g/mol. The molecule has 0 aromatic carbocycles. The van der Waals surface area contributed by atoms with E-state index < -0.39 is 42.1 Å². The molecule has 38 unspecified atom stereocenters. The summed E-state index contributed by atoms with van der Waals surface area (Å²) in [6.07, 6.45) is 16.0. The molecule has 24 bridgehead atoms. The molecule has 120 heavy (non-hydrogen) atoms. The van der Waals surface area contributed by atoms with Crippen molar-refractivity contribution in [1.29, 1.82) is 5.26 Å². The SMILES string of the molecule is C.C=C1CC2CCC34CC5OC6C(OC7CCC(CC(=O)CC8C(CC9OC(CCC1O2)CC(C)C9=C)OC(CC(O)CSc1ncc[nH]1)C8OC)OC7C6O3)C5O4.S=c1[nH]cc[nH]1.[C-]#N.[C-]#[N+]CC(O)CC1OC2CC3OC(CCC4OC(CCC56CC7OC8C(OC9CCC(CC(=O)CC2C1OC)OC9C8O5)C7O6)CC4=C)CC(C)C3=C.[K+]. The van der Waals surface area contributed by atoms with Crippen molar-refractivity contribution in [3.63, 3.8) is 0 Å². The summed E-state index contributed by atoms with van der Waals surface area (Å²) in [5.41, 5.74) is 4.37. The molecule has 0 saturated carbocycles. The van der Waals surface area contributed by atoms with Crippen molar-refractivity contribution in [3.8, 4) is 0 Å². The second-order valence-corrected chi connectivity index (χ2v) is 38.3. The largest absolute Gasteiger partial charge is 1.00 e. The first-order valence-corrected chi connectivity index (χ1v) is 45.1. The first-order chi connectivity index (χ1) is 57.1. The zero-order chi connectivity index (χ0) is 82.0. The number of aliphatic hydroxyl groups is 2. The van der Waals surface area contributed by atoms with Crippen LogP contribution in [0, 0.1) is 46.8 Å². The minimum atomic E-state index is -0.847. The molecular formula is C89H125KN6O22S2. The molecule has 22 heterocycles. The molecule has 28 nitrogen and oxygen atoms in total. The van der Waals surface area contributed by atoms with Gasteiger partial charge in [0.2, 0.25) is 6.54 Å². The van der Waals surface area contributed by atoms with Crippen molar-refractivity contribution in [2.24, 2.45) is 23.7 Å². The second kappa shape index (κ2) is 39.6. The van der Waals surface area contributed by atoms with Crippen LogP contribution in [0.5, 0.6) is 0 Å². The van der Waals surface area contributed by atoms with Crippen molar-refractivity contribution in [1.82, 2.24) is 19.9 Å². The number of aromatic nitrogens is 4. The zero-order valence-electron chi connectivity index (χ0n) is 69.4. The maximum atomic E-state index is 14.2. The van der Waals surface area contributed by atoms with E-state index in [1.54, 1.807) is 39.0 Å². The van der Waals surface area contributed by atoms with E-state index in [-0.39, 0.29) is 298 Å². The Bertz CT molecular complexity index is 3990. The number of aromatic amines is 3. The first kappa shape index (κ1) is 91.8. The van der Waals surface area contributed by atoms with Gasteiger partial charge in [0.1, 0.15) is 78.7 Å². The van der Waals surface area contributed by atoms with Gasteiger partial charge in [-0.1, -0.05) is 59.4 Å². The minimum Gasteiger partial charge on any atom is -0.512 e. The monoisotopic (exact) mass is 1730 g/mol. The van der Waals surface area contributed by atoms with E-state index in [4.69, 9.17) is 104 Å². The van der Waals surface area contributed by atoms with E-state index in [9.17, 15) is 19.8 Å². The Labute approximate surface area is 757 Å². The second-order valence-electron chi connectivity index (χ2n) is 36.9. The summed E-state index contributed by atoms with van der Waals surface area (Å²) >= 11 is 6.10. The van der Waals surface area contributed by atoms with Crippen LogP contribution in [0.15, 0.2) is 78.6 Å². The molecule has 0 amide bonds. The number of nitrogens with one attached hydrogen (secondary N) is 3. The number of aliphatic hydroxyl groups excluding tert-OH is 2. The zero-order valence-corrected chi connectivity index (χ0v) is 74.2. The smallest absolute Gasteiger partial charge is 0.512 e. The van der Waals surface area contributed by atoms with Crippen LogP contribution in [-0.2, 0) is 94.9 Å². The maximum absolute atomic E-state index is 14.2. The molecule has 20 aliphatic heterocycles. The molecule has 22 rings (SSSR count). The van der Waals surface area contributed by atoms with Crippen LogP contribution in [0.2, 0.25) is 0 Å². The third-order valence-corrected chi connectivity index (χ3v) is 30.4.